The molecule has 12 heteroatoms. The van der Waals surface area contributed by atoms with E-state index in [4.69, 9.17) is 9.47 Å². The Kier molecular flexibility index (Phi) is 9.10. The van der Waals surface area contributed by atoms with Crippen molar-refractivity contribution in [3.63, 3.8) is 0 Å². The summed E-state index contributed by atoms with van der Waals surface area (Å²) in [5.74, 6) is 0.859. The smallest absolute Gasteiger partial charge is 0.387 e. The van der Waals surface area contributed by atoms with Gasteiger partial charge in [0.25, 0.3) is 0 Å². The van der Waals surface area contributed by atoms with E-state index in [0.29, 0.717) is 23.0 Å². The fraction of sp³-hybridized carbons (Fsp3) is 0.316. The van der Waals surface area contributed by atoms with Gasteiger partial charge in [-0.15, -0.1) is 24.0 Å². The van der Waals surface area contributed by atoms with Crippen molar-refractivity contribution < 1.29 is 31.4 Å². The third kappa shape index (κ3) is 6.82. The summed E-state index contributed by atoms with van der Waals surface area (Å²) in [5.41, 5.74) is 0.402. The van der Waals surface area contributed by atoms with E-state index in [2.05, 4.69) is 20.4 Å². The van der Waals surface area contributed by atoms with Gasteiger partial charge in [-0.25, -0.2) is 8.42 Å². The number of aliphatic imine (C=N–C) groups is 1. The molecule has 0 spiro atoms. The summed E-state index contributed by atoms with van der Waals surface area (Å²) in [6.07, 6.45) is 0. The Morgan fingerprint density at radius 2 is 1.84 bits per heavy atom. The number of nitrogens with one attached hydrogen (secondary N) is 2. The SMILES string of the molecule is CN=C(NCCS(=O)(=O)c1ccccc1)NCc1cc2c(cc1OC(F)F)OCO2.I. The van der Waals surface area contributed by atoms with Gasteiger partial charge in [0, 0.05) is 31.8 Å². The average molecular weight is 569 g/mol. The maximum absolute atomic E-state index is 12.7. The van der Waals surface area contributed by atoms with Gasteiger partial charge in [0.1, 0.15) is 5.75 Å². The lowest BCUT2D eigenvalue weighted by atomic mass is 10.1. The Bertz CT molecular complexity index is 1010. The predicted molar refractivity (Wildman–Crippen MR) is 121 cm³/mol. The van der Waals surface area contributed by atoms with E-state index in [9.17, 15) is 17.2 Å². The number of hydrogen-bond donors (Lipinski definition) is 2. The maximum Gasteiger partial charge on any atom is 0.387 e. The highest BCUT2D eigenvalue weighted by Crippen LogP contribution is 2.38. The third-order valence-corrected chi connectivity index (χ3v) is 5.94. The molecule has 0 bridgehead atoms. The highest BCUT2D eigenvalue weighted by atomic mass is 127. The molecule has 0 saturated carbocycles. The molecule has 1 aliphatic heterocycles. The highest BCUT2D eigenvalue weighted by molar-refractivity contribution is 14.0. The van der Waals surface area contributed by atoms with Gasteiger partial charge in [-0.2, -0.15) is 8.78 Å². The Morgan fingerprint density at radius 1 is 1.16 bits per heavy atom. The molecule has 0 amide bonds. The molecule has 2 aromatic carbocycles. The largest absolute Gasteiger partial charge is 0.454 e. The van der Waals surface area contributed by atoms with Gasteiger partial charge in [-0.3, -0.25) is 4.99 Å². The van der Waals surface area contributed by atoms with Crippen LogP contribution in [0.25, 0.3) is 0 Å². The number of sulfone groups is 1. The Balaban J connectivity index is 0.00000341. The molecule has 8 nitrogen and oxygen atoms in total. The zero-order valence-electron chi connectivity index (χ0n) is 16.5. The third-order valence-electron chi connectivity index (χ3n) is 4.21. The molecule has 2 N–H and O–H groups in total. The van der Waals surface area contributed by atoms with Crippen molar-refractivity contribution in [3.8, 4) is 17.2 Å². The molecule has 0 saturated heterocycles. The lowest BCUT2D eigenvalue weighted by Gasteiger charge is -2.15. The predicted octanol–water partition coefficient (Wildman–Crippen LogP) is 2.77. The first kappa shape index (κ1) is 24.9. The van der Waals surface area contributed by atoms with E-state index < -0.39 is 16.4 Å². The molecule has 1 heterocycles. The average Bonchev–Trinajstić information content (AvgIpc) is 3.17. The number of benzene rings is 2. The van der Waals surface area contributed by atoms with E-state index in [1.807, 2.05) is 0 Å². The minimum absolute atomic E-state index is 0. The summed E-state index contributed by atoms with van der Waals surface area (Å²) in [7, 11) is -1.93. The van der Waals surface area contributed by atoms with Crippen LogP contribution in [-0.4, -0.2) is 47.1 Å². The van der Waals surface area contributed by atoms with E-state index in [1.54, 1.807) is 24.3 Å². The van der Waals surface area contributed by atoms with Crippen LogP contribution in [-0.2, 0) is 16.4 Å². The monoisotopic (exact) mass is 569 g/mol. The van der Waals surface area contributed by atoms with Crippen LogP contribution in [0.3, 0.4) is 0 Å². The van der Waals surface area contributed by atoms with Crippen LogP contribution in [0, 0.1) is 0 Å². The minimum Gasteiger partial charge on any atom is -0.454 e. The zero-order chi connectivity index (χ0) is 21.6. The van der Waals surface area contributed by atoms with Gasteiger partial charge in [0.05, 0.1) is 10.6 Å². The molecule has 0 aliphatic carbocycles. The van der Waals surface area contributed by atoms with E-state index >= 15 is 0 Å². The molecular weight excluding hydrogens is 547 g/mol. The summed E-state index contributed by atoms with van der Waals surface area (Å²) >= 11 is 0. The summed E-state index contributed by atoms with van der Waals surface area (Å²) in [6, 6.07) is 11.0. The molecule has 170 valence electrons. The standard InChI is InChI=1S/C19H21F2N3O5S.HI/c1-22-19(23-7-8-30(25,26)14-5-3-2-4-6-14)24-11-13-9-16-17(28-12-27-16)10-15(13)29-18(20)21;/h2-6,9-10,18H,7-8,11-12H2,1H3,(H2,22,23,24);1H. The Morgan fingerprint density at radius 3 is 2.48 bits per heavy atom. The van der Waals surface area contributed by atoms with Crippen molar-refractivity contribution in [1.29, 1.82) is 0 Å². The van der Waals surface area contributed by atoms with Crippen molar-refractivity contribution >= 4 is 39.8 Å². The molecule has 1 aliphatic rings. The quantitative estimate of drug-likeness (QED) is 0.287. The number of alkyl halides is 2. The van der Waals surface area contributed by atoms with Gasteiger partial charge >= 0.3 is 6.61 Å². The number of guanidine groups is 1. The summed E-state index contributed by atoms with van der Waals surface area (Å²) in [4.78, 5) is 4.25. The van der Waals surface area contributed by atoms with Crippen LogP contribution < -0.4 is 24.8 Å². The zero-order valence-corrected chi connectivity index (χ0v) is 19.7. The summed E-state index contributed by atoms with van der Waals surface area (Å²) in [6.45, 7) is -2.80. The first-order valence-corrected chi connectivity index (χ1v) is 10.6. The van der Waals surface area contributed by atoms with Crippen LogP contribution in [0.5, 0.6) is 17.2 Å². The van der Waals surface area contributed by atoms with Crippen LogP contribution >= 0.6 is 24.0 Å². The summed E-state index contributed by atoms with van der Waals surface area (Å²) in [5, 5.41) is 5.83. The first-order valence-electron chi connectivity index (χ1n) is 8.98. The fourth-order valence-electron chi connectivity index (χ4n) is 2.76. The molecule has 31 heavy (non-hydrogen) atoms. The molecule has 3 rings (SSSR count). The van der Waals surface area contributed by atoms with Crippen LogP contribution in [0.1, 0.15) is 5.56 Å². The second-order valence-corrected chi connectivity index (χ2v) is 8.29. The number of fused-ring (bicyclic) bond motifs is 1. The molecule has 0 radical (unpaired) electrons. The van der Waals surface area contributed by atoms with Gasteiger partial charge in [-0.05, 0) is 18.2 Å². The summed E-state index contributed by atoms with van der Waals surface area (Å²) < 4.78 is 65.1. The molecule has 0 fully saturated rings. The Hall–Kier alpha value is -2.35. The molecule has 0 atom stereocenters. The molecule has 0 aromatic heterocycles. The first-order chi connectivity index (χ1) is 14.4. The van der Waals surface area contributed by atoms with Crippen LogP contribution in [0.4, 0.5) is 8.78 Å². The van der Waals surface area contributed by atoms with Gasteiger partial charge in [0.15, 0.2) is 27.3 Å². The normalized spacial score (nSPS) is 13.0. The second kappa shape index (κ2) is 11.3. The number of halogens is 3. The van der Waals surface area contributed by atoms with Crippen molar-refractivity contribution in [1.82, 2.24) is 10.6 Å². The van der Waals surface area contributed by atoms with Gasteiger partial charge in [0.2, 0.25) is 6.79 Å². The molecule has 0 unspecified atom stereocenters. The molecule has 2 aromatic rings. The fourth-order valence-corrected chi connectivity index (χ4v) is 3.94. The highest BCUT2D eigenvalue weighted by Gasteiger charge is 2.20. The van der Waals surface area contributed by atoms with Crippen LogP contribution in [0.15, 0.2) is 52.4 Å². The number of ether oxygens (including phenoxy) is 3. The number of hydrogen-bond acceptors (Lipinski definition) is 6. The minimum atomic E-state index is -3.44. The van der Waals surface area contributed by atoms with Crippen molar-refractivity contribution in [2.75, 3.05) is 26.1 Å². The van der Waals surface area contributed by atoms with Gasteiger partial charge in [-0.1, -0.05) is 18.2 Å². The van der Waals surface area contributed by atoms with Crippen molar-refractivity contribution in [3.05, 3.63) is 48.0 Å². The number of nitrogens with zero attached hydrogens (tertiary/aromatic N) is 1. The lowest BCUT2D eigenvalue weighted by molar-refractivity contribution is -0.0505. The van der Waals surface area contributed by atoms with Crippen molar-refractivity contribution in [2.45, 2.75) is 18.1 Å². The van der Waals surface area contributed by atoms with E-state index in [1.165, 1.54) is 25.2 Å². The number of rotatable bonds is 8. The Labute approximate surface area is 195 Å². The second-order valence-electron chi connectivity index (χ2n) is 6.18. The van der Waals surface area contributed by atoms with Crippen LogP contribution in [0.2, 0.25) is 0 Å². The van der Waals surface area contributed by atoms with Crippen molar-refractivity contribution in [2.24, 2.45) is 4.99 Å². The maximum atomic E-state index is 12.7. The molecular formula is C19H22F2IN3O5S. The topological polar surface area (TPSA) is 98.3 Å². The van der Waals surface area contributed by atoms with E-state index in [0.717, 1.165) is 0 Å². The lowest BCUT2D eigenvalue weighted by Crippen LogP contribution is -2.39. The van der Waals surface area contributed by atoms with E-state index in [-0.39, 0.29) is 60.3 Å². The van der Waals surface area contributed by atoms with Gasteiger partial charge < -0.3 is 24.8 Å².